The molecule has 0 unspecified atom stereocenters. The van der Waals surface area contributed by atoms with Gasteiger partial charge in [0.25, 0.3) is 0 Å². The SMILES string of the molecule is C=C.N#Cc1ccc(F)cc1C#N. The van der Waals surface area contributed by atoms with Crippen LogP contribution >= 0.6 is 0 Å². The van der Waals surface area contributed by atoms with E-state index in [1.807, 2.05) is 0 Å². The van der Waals surface area contributed by atoms with E-state index in [0.29, 0.717) is 0 Å². The van der Waals surface area contributed by atoms with Crippen LogP contribution in [0.5, 0.6) is 0 Å². The van der Waals surface area contributed by atoms with Gasteiger partial charge >= 0.3 is 0 Å². The predicted octanol–water partition coefficient (Wildman–Crippen LogP) is 2.37. The molecule has 0 spiro atoms. The lowest BCUT2D eigenvalue weighted by atomic mass is 10.1. The monoisotopic (exact) mass is 174 g/mol. The normalized spacial score (nSPS) is 7.31. The van der Waals surface area contributed by atoms with E-state index in [1.54, 1.807) is 12.1 Å². The summed E-state index contributed by atoms with van der Waals surface area (Å²) >= 11 is 0. The number of rotatable bonds is 0. The Bertz CT molecular complexity index is 371. The van der Waals surface area contributed by atoms with E-state index in [2.05, 4.69) is 13.2 Å². The first-order valence-corrected chi connectivity index (χ1v) is 3.37. The quantitative estimate of drug-likeness (QED) is 0.567. The Balaban J connectivity index is 0.000000671. The Kier molecular flexibility index (Phi) is 4.61. The number of halogens is 1. The van der Waals surface area contributed by atoms with E-state index in [1.165, 1.54) is 6.07 Å². The summed E-state index contributed by atoms with van der Waals surface area (Å²) in [5.74, 6) is -0.499. The third kappa shape index (κ3) is 2.76. The Morgan fingerprint density at radius 3 is 2.08 bits per heavy atom. The fourth-order valence-corrected chi connectivity index (χ4v) is 0.706. The first-order valence-electron chi connectivity index (χ1n) is 3.37. The van der Waals surface area contributed by atoms with E-state index in [-0.39, 0.29) is 11.1 Å². The predicted molar refractivity (Wildman–Crippen MR) is 47.1 cm³/mol. The van der Waals surface area contributed by atoms with Crippen LogP contribution in [-0.4, -0.2) is 0 Å². The molecule has 1 rings (SSSR count). The number of hydrogen-bond acceptors (Lipinski definition) is 2. The van der Waals surface area contributed by atoms with Gasteiger partial charge in [0, 0.05) is 0 Å². The molecular formula is C10H7FN2. The van der Waals surface area contributed by atoms with Crippen molar-refractivity contribution < 1.29 is 4.39 Å². The molecule has 0 aromatic heterocycles. The summed E-state index contributed by atoms with van der Waals surface area (Å²) in [5.41, 5.74) is 0.279. The van der Waals surface area contributed by atoms with Crippen LogP contribution in [0.2, 0.25) is 0 Å². The van der Waals surface area contributed by atoms with Crippen LogP contribution in [0.1, 0.15) is 11.1 Å². The van der Waals surface area contributed by atoms with Crippen LogP contribution in [0, 0.1) is 28.5 Å². The molecule has 0 heterocycles. The van der Waals surface area contributed by atoms with Crippen LogP contribution in [0.3, 0.4) is 0 Å². The zero-order chi connectivity index (χ0) is 10.3. The second kappa shape index (κ2) is 5.51. The van der Waals surface area contributed by atoms with E-state index >= 15 is 0 Å². The van der Waals surface area contributed by atoms with Crippen molar-refractivity contribution in [2.24, 2.45) is 0 Å². The van der Waals surface area contributed by atoms with Crippen molar-refractivity contribution in [1.82, 2.24) is 0 Å². The van der Waals surface area contributed by atoms with Gasteiger partial charge in [0.05, 0.1) is 11.1 Å². The molecule has 0 N–H and O–H groups in total. The topological polar surface area (TPSA) is 47.6 Å². The number of hydrogen-bond donors (Lipinski definition) is 0. The molecule has 13 heavy (non-hydrogen) atoms. The highest BCUT2D eigenvalue weighted by Gasteiger charge is 2.00. The van der Waals surface area contributed by atoms with Crippen LogP contribution in [-0.2, 0) is 0 Å². The summed E-state index contributed by atoms with van der Waals surface area (Å²) in [5, 5.41) is 16.8. The fraction of sp³-hybridized carbons (Fsp3) is 0. The Morgan fingerprint density at radius 2 is 1.62 bits per heavy atom. The second-order valence-electron chi connectivity index (χ2n) is 1.91. The third-order valence-corrected chi connectivity index (χ3v) is 1.22. The minimum atomic E-state index is -0.499. The molecule has 2 nitrogen and oxygen atoms in total. The fourth-order valence-electron chi connectivity index (χ4n) is 0.706. The van der Waals surface area contributed by atoms with Crippen molar-refractivity contribution in [3.8, 4) is 12.1 Å². The van der Waals surface area contributed by atoms with Crippen LogP contribution in [0.4, 0.5) is 4.39 Å². The van der Waals surface area contributed by atoms with Gasteiger partial charge in [-0.3, -0.25) is 0 Å². The number of nitriles is 2. The molecular weight excluding hydrogens is 167 g/mol. The van der Waals surface area contributed by atoms with Crippen LogP contribution in [0.25, 0.3) is 0 Å². The van der Waals surface area contributed by atoms with Gasteiger partial charge in [0.2, 0.25) is 0 Å². The number of nitrogens with zero attached hydrogens (tertiary/aromatic N) is 2. The summed E-state index contributed by atoms with van der Waals surface area (Å²) in [4.78, 5) is 0. The molecule has 0 radical (unpaired) electrons. The lowest BCUT2D eigenvalue weighted by Crippen LogP contribution is -1.84. The highest BCUT2D eigenvalue weighted by atomic mass is 19.1. The standard InChI is InChI=1S/C8H3FN2.C2H4/c9-8-2-1-6(4-10)7(3-8)5-11;1-2/h1-3H;1-2H2. The molecule has 0 aliphatic heterocycles. The molecule has 0 bridgehead atoms. The average molecular weight is 174 g/mol. The highest BCUT2D eigenvalue weighted by Crippen LogP contribution is 2.08. The molecule has 1 aromatic rings. The summed E-state index contributed by atoms with van der Waals surface area (Å²) < 4.78 is 12.4. The maximum Gasteiger partial charge on any atom is 0.124 e. The smallest absolute Gasteiger partial charge is 0.124 e. The zero-order valence-electron chi connectivity index (χ0n) is 6.92. The van der Waals surface area contributed by atoms with Gasteiger partial charge in [-0.15, -0.1) is 13.2 Å². The third-order valence-electron chi connectivity index (χ3n) is 1.22. The van der Waals surface area contributed by atoms with E-state index in [4.69, 9.17) is 10.5 Å². The first kappa shape index (κ1) is 10.9. The summed E-state index contributed by atoms with van der Waals surface area (Å²) in [7, 11) is 0. The average Bonchev–Trinajstić information content (AvgIpc) is 2.20. The molecule has 0 fully saturated rings. The van der Waals surface area contributed by atoms with Crippen molar-refractivity contribution in [3.05, 3.63) is 48.3 Å². The van der Waals surface area contributed by atoms with Gasteiger partial charge in [0.1, 0.15) is 18.0 Å². The molecule has 3 heteroatoms. The lowest BCUT2D eigenvalue weighted by Gasteiger charge is -1.91. The highest BCUT2D eigenvalue weighted by molar-refractivity contribution is 5.45. The van der Waals surface area contributed by atoms with Crippen molar-refractivity contribution in [2.45, 2.75) is 0 Å². The van der Waals surface area contributed by atoms with E-state index < -0.39 is 5.82 Å². The zero-order valence-corrected chi connectivity index (χ0v) is 6.92. The van der Waals surface area contributed by atoms with Crippen molar-refractivity contribution in [3.63, 3.8) is 0 Å². The van der Waals surface area contributed by atoms with Crippen LogP contribution < -0.4 is 0 Å². The van der Waals surface area contributed by atoms with E-state index in [0.717, 1.165) is 12.1 Å². The van der Waals surface area contributed by atoms with Gasteiger partial charge in [-0.25, -0.2) is 4.39 Å². The summed E-state index contributed by atoms with van der Waals surface area (Å²) in [6.07, 6.45) is 0. The minimum Gasteiger partial charge on any atom is -0.207 e. The summed E-state index contributed by atoms with van der Waals surface area (Å²) in [6.45, 7) is 6.00. The molecule has 0 atom stereocenters. The molecule has 0 aliphatic carbocycles. The Hall–Kier alpha value is -2.13. The molecule has 64 valence electrons. The maximum absolute atomic E-state index is 12.4. The molecule has 0 saturated heterocycles. The Labute approximate surface area is 76.2 Å². The van der Waals surface area contributed by atoms with E-state index in [9.17, 15) is 4.39 Å². The lowest BCUT2D eigenvalue weighted by molar-refractivity contribution is 0.627. The van der Waals surface area contributed by atoms with Gasteiger partial charge in [-0.1, -0.05) is 0 Å². The molecule has 1 aromatic carbocycles. The van der Waals surface area contributed by atoms with Crippen LogP contribution in [0.15, 0.2) is 31.4 Å². The van der Waals surface area contributed by atoms with Gasteiger partial charge in [-0.05, 0) is 18.2 Å². The molecule has 0 saturated carbocycles. The molecule has 0 aliphatic rings. The van der Waals surface area contributed by atoms with Crippen molar-refractivity contribution >= 4 is 0 Å². The Morgan fingerprint density at radius 1 is 1.08 bits per heavy atom. The van der Waals surface area contributed by atoms with Gasteiger partial charge in [0.15, 0.2) is 0 Å². The second-order valence-corrected chi connectivity index (χ2v) is 1.91. The first-order chi connectivity index (χ1) is 6.27. The van der Waals surface area contributed by atoms with Crippen molar-refractivity contribution in [1.29, 1.82) is 10.5 Å². The van der Waals surface area contributed by atoms with Gasteiger partial charge in [-0.2, -0.15) is 10.5 Å². The van der Waals surface area contributed by atoms with Crippen molar-refractivity contribution in [2.75, 3.05) is 0 Å². The molecule has 0 amide bonds. The minimum absolute atomic E-state index is 0.0764. The van der Waals surface area contributed by atoms with Gasteiger partial charge < -0.3 is 0 Å². The summed E-state index contributed by atoms with van der Waals surface area (Å²) in [6, 6.07) is 6.99. The number of benzene rings is 1. The maximum atomic E-state index is 12.4. The largest absolute Gasteiger partial charge is 0.207 e.